The molecule has 3 aromatic rings. The summed E-state index contributed by atoms with van der Waals surface area (Å²) in [6, 6.07) is 17.0. The molecule has 1 N–H and O–H groups in total. The molecule has 1 aromatic heterocycles. The summed E-state index contributed by atoms with van der Waals surface area (Å²) in [4.78, 5) is 0. The second kappa shape index (κ2) is 7.61. The van der Waals surface area contributed by atoms with E-state index in [0.29, 0.717) is 0 Å². The molecule has 140 valence electrons. The number of nitrogens with one attached hydrogen (secondary N) is 1. The second-order valence-corrected chi connectivity index (χ2v) is 7.69. The molecule has 1 aliphatic carbocycles. The third-order valence-corrected chi connectivity index (χ3v) is 5.66. The van der Waals surface area contributed by atoms with Gasteiger partial charge in [-0.3, -0.25) is 0 Å². The van der Waals surface area contributed by atoms with E-state index < -0.39 is 0 Å². The van der Waals surface area contributed by atoms with Crippen molar-refractivity contribution in [3.05, 3.63) is 71.0 Å². The zero-order chi connectivity index (χ0) is 18.7. The summed E-state index contributed by atoms with van der Waals surface area (Å²) in [6.07, 6.45) is 5.79. The highest BCUT2D eigenvalue weighted by molar-refractivity contribution is 5.42. The van der Waals surface area contributed by atoms with Crippen molar-refractivity contribution in [2.45, 2.75) is 58.0 Å². The highest BCUT2D eigenvalue weighted by Crippen LogP contribution is 2.37. The first-order chi connectivity index (χ1) is 13.2. The minimum atomic E-state index is -0.186. The van der Waals surface area contributed by atoms with E-state index in [4.69, 9.17) is 0 Å². The van der Waals surface area contributed by atoms with Crippen molar-refractivity contribution in [3.8, 4) is 5.69 Å². The van der Waals surface area contributed by atoms with Crippen molar-refractivity contribution in [1.82, 2.24) is 25.5 Å². The molecule has 1 saturated carbocycles. The van der Waals surface area contributed by atoms with E-state index in [9.17, 15) is 0 Å². The zero-order valence-electron chi connectivity index (χ0n) is 16.2. The first-order valence-electron chi connectivity index (χ1n) is 9.83. The van der Waals surface area contributed by atoms with Gasteiger partial charge in [0.1, 0.15) is 0 Å². The maximum atomic E-state index is 4.50. The van der Waals surface area contributed by atoms with Gasteiger partial charge < -0.3 is 5.32 Å². The maximum absolute atomic E-state index is 4.50. The predicted molar refractivity (Wildman–Crippen MR) is 107 cm³/mol. The summed E-state index contributed by atoms with van der Waals surface area (Å²) in [5, 5.41) is 16.8. The third-order valence-electron chi connectivity index (χ3n) is 5.66. The minimum Gasteiger partial charge on any atom is -0.301 e. The average molecular weight is 361 g/mol. The van der Waals surface area contributed by atoms with Gasteiger partial charge in [0.15, 0.2) is 5.82 Å². The van der Waals surface area contributed by atoms with Gasteiger partial charge in [0.05, 0.1) is 11.2 Å². The summed E-state index contributed by atoms with van der Waals surface area (Å²) < 4.78 is 1.94. The van der Waals surface area contributed by atoms with Gasteiger partial charge in [-0.25, -0.2) is 0 Å². The van der Waals surface area contributed by atoms with Crippen LogP contribution in [0.1, 0.15) is 54.6 Å². The van der Waals surface area contributed by atoms with Crippen LogP contribution in [0.25, 0.3) is 5.69 Å². The molecule has 0 radical (unpaired) electrons. The SMILES string of the molecule is Cc1ccc(-n2nnnc2C2(NCc3ccccc3)CCCCC2)c(C)c1. The first-order valence-corrected chi connectivity index (χ1v) is 9.83. The highest BCUT2D eigenvalue weighted by Gasteiger charge is 2.39. The van der Waals surface area contributed by atoms with Gasteiger partial charge in [-0.1, -0.05) is 67.3 Å². The van der Waals surface area contributed by atoms with Crippen LogP contribution in [0.3, 0.4) is 0 Å². The van der Waals surface area contributed by atoms with Gasteiger partial charge in [-0.15, -0.1) is 5.10 Å². The number of tetrazole rings is 1. The van der Waals surface area contributed by atoms with Crippen molar-refractivity contribution >= 4 is 0 Å². The van der Waals surface area contributed by atoms with Crippen LogP contribution in [0.15, 0.2) is 48.5 Å². The van der Waals surface area contributed by atoms with Gasteiger partial charge in [0, 0.05) is 6.54 Å². The Morgan fingerprint density at radius 2 is 1.78 bits per heavy atom. The molecule has 0 spiro atoms. The van der Waals surface area contributed by atoms with Gasteiger partial charge in [0.2, 0.25) is 0 Å². The highest BCUT2D eigenvalue weighted by atomic mass is 15.6. The molecule has 1 fully saturated rings. The molecular weight excluding hydrogens is 334 g/mol. The zero-order valence-corrected chi connectivity index (χ0v) is 16.2. The van der Waals surface area contributed by atoms with Crippen molar-refractivity contribution in [3.63, 3.8) is 0 Å². The number of nitrogens with zero attached hydrogens (tertiary/aromatic N) is 4. The van der Waals surface area contributed by atoms with Gasteiger partial charge in [0.25, 0.3) is 0 Å². The van der Waals surface area contributed by atoms with Crippen LogP contribution in [0.5, 0.6) is 0 Å². The fraction of sp³-hybridized carbons (Fsp3) is 0.409. The van der Waals surface area contributed by atoms with E-state index in [-0.39, 0.29) is 5.54 Å². The summed E-state index contributed by atoms with van der Waals surface area (Å²) >= 11 is 0. The molecule has 1 heterocycles. The summed E-state index contributed by atoms with van der Waals surface area (Å²) in [7, 11) is 0. The number of rotatable bonds is 5. The van der Waals surface area contributed by atoms with Gasteiger partial charge in [-0.2, -0.15) is 4.68 Å². The fourth-order valence-corrected chi connectivity index (χ4v) is 4.19. The van der Waals surface area contributed by atoms with Crippen LogP contribution < -0.4 is 5.32 Å². The Bertz CT molecular complexity index is 894. The Labute approximate surface area is 160 Å². The molecule has 27 heavy (non-hydrogen) atoms. The minimum absolute atomic E-state index is 0.186. The Balaban J connectivity index is 1.70. The molecule has 4 rings (SSSR count). The van der Waals surface area contributed by atoms with Crippen LogP contribution in [-0.4, -0.2) is 20.2 Å². The molecule has 0 amide bonds. The van der Waals surface area contributed by atoms with Crippen molar-refractivity contribution < 1.29 is 0 Å². The number of hydrogen-bond acceptors (Lipinski definition) is 4. The number of aryl methyl sites for hydroxylation is 2. The quantitative estimate of drug-likeness (QED) is 0.739. The Morgan fingerprint density at radius 3 is 2.52 bits per heavy atom. The van der Waals surface area contributed by atoms with E-state index in [1.54, 1.807) is 0 Å². The van der Waals surface area contributed by atoms with Crippen LogP contribution in [-0.2, 0) is 12.1 Å². The van der Waals surface area contributed by atoms with E-state index in [1.165, 1.54) is 36.0 Å². The normalized spacial score (nSPS) is 16.4. The molecule has 2 aromatic carbocycles. The monoisotopic (exact) mass is 361 g/mol. The molecule has 1 aliphatic rings. The largest absolute Gasteiger partial charge is 0.301 e. The number of benzene rings is 2. The predicted octanol–water partition coefficient (Wildman–Crippen LogP) is 4.23. The molecule has 0 aliphatic heterocycles. The molecule has 5 heteroatoms. The third kappa shape index (κ3) is 3.65. The summed E-state index contributed by atoms with van der Waals surface area (Å²) in [5.41, 5.74) is 4.60. The van der Waals surface area contributed by atoms with Crippen molar-refractivity contribution in [2.24, 2.45) is 0 Å². The van der Waals surface area contributed by atoms with E-state index in [2.05, 4.69) is 83.2 Å². The van der Waals surface area contributed by atoms with Crippen molar-refractivity contribution in [2.75, 3.05) is 0 Å². The maximum Gasteiger partial charge on any atom is 0.176 e. The average Bonchev–Trinajstić information content (AvgIpc) is 3.18. The molecule has 0 unspecified atom stereocenters. The van der Waals surface area contributed by atoms with Gasteiger partial charge >= 0.3 is 0 Å². The van der Waals surface area contributed by atoms with Crippen LogP contribution >= 0.6 is 0 Å². The molecule has 5 nitrogen and oxygen atoms in total. The smallest absolute Gasteiger partial charge is 0.176 e. The molecule has 0 bridgehead atoms. The van der Waals surface area contributed by atoms with E-state index in [1.807, 2.05) is 4.68 Å². The van der Waals surface area contributed by atoms with E-state index >= 15 is 0 Å². The lowest BCUT2D eigenvalue weighted by Crippen LogP contribution is -2.45. The van der Waals surface area contributed by atoms with Crippen LogP contribution in [0.2, 0.25) is 0 Å². The topological polar surface area (TPSA) is 55.6 Å². The Morgan fingerprint density at radius 1 is 1.00 bits per heavy atom. The lowest BCUT2D eigenvalue weighted by molar-refractivity contribution is 0.214. The van der Waals surface area contributed by atoms with Gasteiger partial charge in [-0.05, 0) is 54.3 Å². The Kier molecular flexibility index (Phi) is 5.03. The van der Waals surface area contributed by atoms with Crippen LogP contribution in [0.4, 0.5) is 0 Å². The number of aromatic nitrogens is 4. The number of hydrogen-bond donors (Lipinski definition) is 1. The van der Waals surface area contributed by atoms with E-state index in [0.717, 1.165) is 30.9 Å². The molecule has 0 saturated heterocycles. The fourth-order valence-electron chi connectivity index (χ4n) is 4.19. The second-order valence-electron chi connectivity index (χ2n) is 7.69. The lowest BCUT2D eigenvalue weighted by Gasteiger charge is -2.37. The van der Waals surface area contributed by atoms with Crippen molar-refractivity contribution in [1.29, 1.82) is 0 Å². The molecule has 0 atom stereocenters. The van der Waals surface area contributed by atoms with Crippen LogP contribution in [0, 0.1) is 13.8 Å². The molecular formula is C22H27N5. The standard InChI is InChI=1S/C22H27N5/c1-17-11-12-20(18(2)15-17)27-21(24-25-26-27)22(13-7-4-8-14-22)23-16-19-9-5-3-6-10-19/h3,5-6,9-12,15,23H,4,7-8,13-14,16H2,1-2H3. The Hall–Kier alpha value is -2.53. The summed E-state index contributed by atoms with van der Waals surface area (Å²) in [5.74, 6) is 0.935. The first kappa shape index (κ1) is 17.9. The summed E-state index contributed by atoms with van der Waals surface area (Å²) in [6.45, 7) is 5.06. The lowest BCUT2D eigenvalue weighted by atomic mass is 9.80.